The van der Waals surface area contributed by atoms with E-state index in [1.807, 2.05) is 6.07 Å². The number of benzene rings is 1. The van der Waals surface area contributed by atoms with Gasteiger partial charge in [-0.15, -0.1) is 0 Å². The Morgan fingerprint density at radius 3 is 2.68 bits per heavy atom. The molecule has 0 aromatic heterocycles. The topological polar surface area (TPSA) is 54.5 Å². The lowest BCUT2D eigenvalue weighted by Crippen LogP contribution is -2.54. The molecular formula is C13H16BrNO3S. The van der Waals surface area contributed by atoms with E-state index in [-0.39, 0.29) is 24.2 Å². The molecular weight excluding hydrogens is 330 g/mol. The number of carbonyl (C=O) groups excluding carboxylic acids is 1. The number of nitrogens with zero attached hydrogens (tertiary/aromatic N) is 1. The quantitative estimate of drug-likeness (QED) is 0.783. The Kier molecular flexibility index (Phi) is 4.01. The second-order valence-electron chi connectivity index (χ2n) is 4.82. The summed E-state index contributed by atoms with van der Waals surface area (Å²) in [5.74, 6) is -0.0753. The van der Waals surface area contributed by atoms with Gasteiger partial charge in [0.15, 0.2) is 9.84 Å². The van der Waals surface area contributed by atoms with Crippen LogP contribution in [0.3, 0.4) is 0 Å². The standard InChI is InChI=1S/C13H16BrNO3S/c1-9-10(2)19(17,18)7-6-15(9)13(16)11-4-3-5-12(14)8-11/h3-5,8-10H,6-7H2,1-2H3/t9-,10-/m0/s1. The lowest BCUT2D eigenvalue weighted by Gasteiger charge is -2.37. The number of carbonyl (C=O) groups is 1. The molecule has 2 atom stereocenters. The molecule has 1 amide bonds. The smallest absolute Gasteiger partial charge is 0.254 e. The van der Waals surface area contributed by atoms with Gasteiger partial charge in [-0.25, -0.2) is 8.42 Å². The Bertz CT molecular complexity index is 600. The molecule has 1 aliphatic heterocycles. The number of hydrogen-bond acceptors (Lipinski definition) is 3. The fourth-order valence-corrected chi connectivity index (χ4v) is 4.21. The first-order valence-corrected chi connectivity index (χ1v) is 8.62. The van der Waals surface area contributed by atoms with E-state index in [2.05, 4.69) is 15.9 Å². The van der Waals surface area contributed by atoms with Crippen molar-refractivity contribution in [1.82, 2.24) is 4.90 Å². The molecule has 0 spiro atoms. The summed E-state index contributed by atoms with van der Waals surface area (Å²) in [6.45, 7) is 3.72. The normalized spacial score (nSPS) is 26.2. The molecule has 0 aliphatic carbocycles. The van der Waals surface area contributed by atoms with E-state index in [0.717, 1.165) is 4.47 Å². The Morgan fingerprint density at radius 1 is 1.37 bits per heavy atom. The molecule has 0 saturated carbocycles. The molecule has 1 aliphatic rings. The molecule has 1 heterocycles. The number of hydrogen-bond donors (Lipinski definition) is 0. The molecule has 0 radical (unpaired) electrons. The lowest BCUT2D eigenvalue weighted by molar-refractivity contribution is 0.0693. The van der Waals surface area contributed by atoms with Crippen molar-refractivity contribution in [3.63, 3.8) is 0 Å². The zero-order chi connectivity index (χ0) is 14.2. The van der Waals surface area contributed by atoms with Crippen molar-refractivity contribution in [1.29, 1.82) is 0 Å². The first-order valence-electron chi connectivity index (χ1n) is 6.11. The highest BCUT2D eigenvalue weighted by molar-refractivity contribution is 9.10. The minimum absolute atomic E-state index is 0.0399. The number of amides is 1. The third kappa shape index (κ3) is 2.84. The molecule has 6 heteroatoms. The van der Waals surface area contributed by atoms with Gasteiger partial charge in [0.05, 0.1) is 11.0 Å². The minimum atomic E-state index is -3.07. The highest BCUT2D eigenvalue weighted by Gasteiger charge is 2.38. The summed E-state index contributed by atoms with van der Waals surface area (Å²) in [7, 11) is -3.07. The third-order valence-electron chi connectivity index (χ3n) is 3.69. The molecule has 1 fully saturated rings. The predicted molar refractivity (Wildman–Crippen MR) is 77.9 cm³/mol. The highest BCUT2D eigenvalue weighted by atomic mass is 79.9. The van der Waals surface area contributed by atoms with Crippen LogP contribution in [0.2, 0.25) is 0 Å². The van der Waals surface area contributed by atoms with Crippen LogP contribution >= 0.6 is 15.9 Å². The van der Waals surface area contributed by atoms with Gasteiger partial charge < -0.3 is 4.90 Å². The number of sulfone groups is 1. The van der Waals surface area contributed by atoms with Crippen molar-refractivity contribution in [2.45, 2.75) is 25.1 Å². The molecule has 19 heavy (non-hydrogen) atoms. The Hall–Kier alpha value is -0.880. The van der Waals surface area contributed by atoms with E-state index >= 15 is 0 Å². The average molecular weight is 346 g/mol. The Morgan fingerprint density at radius 2 is 2.05 bits per heavy atom. The van der Waals surface area contributed by atoms with E-state index < -0.39 is 15.1 Å². The van der Waals surface area contributed by atoms with E-state index in [9.17, 15) is 13.2 Å². The van der Waals surface area contributed by atoms with E-state index in [1.54, 1.807) is 36.9 Å². The van der Waals surface area contributed by atoms with E-state index in [1.165, 1.54) is 0 Å². The van der Waals surface area contributed by atoms with Crippen LogP contribution in [-0.2, 0) is 9.84 Å². The molecule has 1 saturated heterocycles. The van der Waals surface area contributed by atoms with Crippen LogP contribution in [0.4, 0.5) is 0 Å². The summed E-state index contributed by atoms with van der Waals surface area (Å²) in [5.41, 5.74) is 0.577. The van der Waals surface area contributed by atoms with Gasteiger partial charge in [-0.3, -0.25) is 4.79 Å². The van der Waals surface area contributed by atoms with Crippen LogP contribution in [0, 0.1) is 0 Å². The fraction of sp³-hybridized carbons (Fsp3) is 0.462. The monoisotopic (exact) mass is 345 g/mol. The van der Waals surface area contributed by atoms with Crippen LogP contribution in [0.25, 0.3) is 0 Å². The summed E-state index contributed by atoms with van der Waals surface area (Å²) in [6.07, 6.45) is 0. The average Bonchev–Trinajstić information content (AvgIpc) is 2.36. The van der Waals surface area contributed by atoms with Crippen LogP contribution in [-0.4, -0.2) is 42.8 Å². The van der Waals surface area contributed by atoms with Crippen LogP contribution in [0.15, 0.2) is 28.7 Å². The molecule has 1 aromatic rings. The lowest BCUT2D eigenvalue weighted by atomic mass is 10.1. The number of halogens is 1. The molecule has 0 N–H and O–H groups in total. The van der Waals surface area contributed by atoms with Crippen LogP contribution in [0.5, 0.6) is 0 Å². The summed E-state index contributed by atoms with van der Waals surface area (Å²) in [6, 6.07) is 6.84. The van der Waals surface area contributed by atoms with Gasteiger partial charge >= 0.3 is 0 Å². The molecule has 0 bridgehead atoms. The van der Waals surface area contributed by atoms with Crippen molar-refractivity contribution >= 4 is 31.7 Å². The zero-order valence-electron chi connectivity index (χ0n) is 10.8. The van der Waals surface area contributed by atoms with Gasteiger partial charge in [-0.2, -0.15) is 0 Å². The second-order valence-corrected chi connectivity index (χ2v) is 8.21. The summed E-state index contributed by atoms with van der Waals surface area (Å²) >= 11 is 3.33. The van der Waals surface area contributed by atoms with Crippen molar-refractivity contribution in [2.24, 2.45) is 0 Å². The first-order chi connectivity index (χ1) is 8.83. The van der Waals surface area contributed by atoms with Crippen LogP contribution in [0.1, 0.15) is 24.2 Å². The van der Waals surface area contributed by atoms with Crippen molar-refractivity contribution in [3.05, 3.63) is 34.3 Å². The van der Waals surface area contributed by atoms with Crippen molar-refractivity contribution in [2.75, 3.05) is 12.3 Å². The summed E-state index contributed by atoms with van der Waals surface area (Å²) in [5, 5.41) is -0.516. The van der Waals surface area contributed by atoms with Gasteiger partial charge in [-0.05, 0) is 32.0 Å². The molecule has 104 valence electrons. The predicted octanol–water partition coefficient (Wildman–Crippen LogP) is 2.10. The van der Waals surface area contributed by atoms with E-state index in [4.69, 9.17) is 0 Å². The van der Waals surface area contributed by atoms with Crippen LogP contribution < -0.4 is 0 Å². The maximum absolute atomic E-state index is 12.4. The molecule has 2 rings (SSSR count). The van der Waals surface area contributed by atoms with Gasteiger partial charge in [0.25, 0.3) is 5.91 Å². The molecule has 4 nitrogen and oxygen atoms in total. The SMILES string of the molecule is C[C@H]1[C@H](C)S(=O)(=O)CCN1C(=O)c1cccc(Br)c1. The highest BCUT2D eigenvalue weighted by Crippen LogP contribution is 2.22. The second kappa shape index (κ2) is 5.25. The maximum atomic E-state index is 12.4. The summed E-state index contributed by atoms with van der Waals surface area (Å²) in [4.78, 5) is 14.1. The van der Waals surface area contributed by atoms with Gasteiger partial charge in [-0.1, -0.05) is 22.0 Å². The number of rotatable bonds is 1. The largest absolute Gasteiger partial charge is 0.334 e. The summed E-state index contributed by atoms with van der Waals surface area (Å²) < 4.78 is 24.4. The minimum Gasteiger partial charge on any atom is -0.334 e. The molecule has 0 unspecified atom stereocenters. The van der Waals surface area contributed by atoms with Crippen molar-refractivity contribution < 1.29 is 13.2 Å². The van der Waals surface area contributed by atoms with Gasteiger partial charge in [0.1, 0.15) is 0 Å². The third-order valence-corrected chi connectivity index (χ3v) is 6.46. The van der Waals surface area contributed by atoms with Gasteiger partial charge in [0.2, 0.25) is 0 Å². The Labute approximate surface area is 121 Å². The fourth-order valence-electron chi connectivity index (χ4n) is 2.24. The first kappa shape index (κ1) is 14.5. The van der Waals surface area contributed by atoms with Crippen molar-refractivity contribution in [3.8, 4) is 0 Å². The van der Waals surface area contributed by atoms with E-state index in [0.29, 0.717) is 5.56 Å². The zero-order valence-corrected chi connectivity index (χ0v) is 13.2. The molecule has 1 aromatic carbocycles. The maximum Gasteiger partial charge on any atom is 0.254 e. The van der Waals surface area contributed by atoms with Gasteiger partial charge in [0, 0.05) is 22.6 Å². The Balaban J connectivity index is 2.26.